The van der Waals surface area contributed by atoms with Crippen molar-refractivity contribution in [1.82, 2.24) is 4.98 Å². The van der Waals surface area contributed by atoms with Crippen molar-refractivity contribution >= 4 is 41.3 Å². The van der Waals surface area contributed by atoms with Gasteiger partial charge in [-0.15, -0.1) is 22.7 Å². The van der Waals surface area contributed by atoms with Gasteiger partial charge in [0.05, 0.1) is 21.1 Å². The minimum Gasteiger partial charge on any atom is -0.476 e. The molecule has 1 fully saturated rings. The van der Waals surface area contributed by atoms with Crippen molar-refractivity contribution in [3.05, 3.63) is 43.7 Å². The number of thiazole rings is 1. The Labute approximate surface area is 159 Å². The third-order valence-corrected chi connectivity index (χ3v) is 6.51. The number of rotatable bonds is 4. The van der Waals surface area contributed by atoms with E-state index in [1.54, 1.807) is 24.4 Å². The molecule has 1 N–H and O–H groups in total. The second-order valence-electron chi connectivity index (χ2n) is 7.00. The van der Waals surface area contributed by atoms with Crippen molar-refractivity contribution in [3.8, 4) is 0 Å². The van der Waals surface area contributed by atoms with Crippen LogP contribution in [0.25, 0.3) is 5.57 Å². The van der Waals surface area contributed by atoms with Gasteiger partial charge < -0.3 is 14.4 Å². The highest BCUT2D eigenvalue weighted by atomic mass is 32.1. The van der Waals surface area contributed by atoms with Crippen molar-refractivity contribution in [2.45, 2.75) is 45.8 Å². The van der Waals surface area contributed by atoms with Gasteiger partial charge in [0.25, 0.3) is 0 Å². The summed E-state index contributed by atoms with van der Waals surface area (Å²) >= 11 is 2.46. The van der Waals surface area contributed by atoms with Gasteiger partial charge in [0.2, 0.25) is 0 Å². The van der Waals surface area contributed by atoms with Gasteiger partial charge in [-0.25, -0.2) is 14.2 Å². The average molecular weight is 395 g/mol. The third kappa shape index (κ3) is 3.24. The Bertz CT molecular complexity index is 857. The normalized spacial score (nSPS) is 19.5. The van der Waals surface area contributed by atoms with Crippen LogP contribution in [-0.2, 0) is 9.31 Å². The van der Waals surface area contributed by atoms with E-state index < -0.39 is 30.0 Å². The number of halogens is 1. The number of hydrogen-bond donors (Lipinski definition) is 1. The van der Waals surface area contributed by atoms with Crippen LogP contribution in [0.15, 0.2) is 23.2 Å². The molecule has 0 saturated carbocycles. The van der Waals surface area contributed by atoms with Crippen LogP contribution >= 0.6 is 22.7 Å². The molecule has 2 aromatic rings. The molecule has 5 nitrogen and oxygen atoms in total. The fourth-order valence-corrected chi connectivity index (χ4v) is 4.38. The Kier molecular flexibility index (Phi) is 4.85. The van der Waals surface area contributed by atoms with Crippen LogP contribution in [0.5, 0.6) is 0 Å². The molecule has 138 valence electrons. The second kappa shape index (κ2) is 6.56. The van der Waals surface area contributed by atoms with Crippen LogP contribution in [0.4, 0.5) is 4.39 Å². The summed E-state index contributed by atoms with van der Waals surface area (Å²) in [6.45, 7) is 9.05. The molecule has 0 aromatic carbocycles. The summed E-state index contributed by atoms with van der Waals surface area (Å²) in [5.74, 6) is -1.19. The van der Waals surface area contributed by atoms with E-state index in [1.165, 1.54) is 11.3 Å². The first-order chi connectivity index (χ1) is 12.0. The molecule has 3 heterocycles. The summed E-state index contributed by atoms with van der Waals surface area (Å²) in [5, 5.41) is 11.8. The molecule has 0 unspecified atom stereocenters. The molecule has 0 spiro atoms. The summed E-state index contributed by atoms with van der Waals surface area (Å²) < 4.78 is 27.2. The third-order valence-electron chi connectivity index (χ3n) is 4.63. The molecule has 1 aliphatic rings. The van der Waals surface area contributed by atoms with E-state index in [4.69, 9.17) is 9.31 Å². The van der Waals surface area contributed by atoms with Crippen molar-refractivity contribution < 1.29 is 23.6 Å². The lowest BCUT2D eigenvalue weighted by atomic mass is 9.83. The van der Waals surface area contributed by atoms with Crippen molar-refractivity contribution in [3.63, 3.8) is 0 Å². The van der Waals surface area contributed by atoms with E-state index in [1.807, 2.05) is 27.7 Å². The number of aryl methyl sites for hydroxylation is 1. The smallest absolute Gasteiger partial charge is 0.476 e. The first kappa shape index (κ1) is 19.2. The molecule has 1 aliphatic heterocycles. The van der Waals surface area contributed by atoms with Crippen molar-refractivity contribution in [2.24, 2.45) is 0 Å². The lowest BCUT2D eigenvalue weighted by molar-refractivity contribution is 0.00578. The van der Waals surface area contributed by atoms with Gasteiger partial charge >= 0.3 is 13.1 Å². The lowest BCUT2D eigenvalue weighted by Crippen LogP contribution is -2.41. The van der Waals surface area contributed by atoms with Gasteiger partial charge in [0, 0.05) is 10.5 Å². The Morgan fingerprint density at radius 1 is 1.27 bits per heavy atom. The zero-order chi connectivity index (χ0) is 19.3. The largest absolute Gasteiger partial charge is 0.525 e. The summed E-state index contributed by atoms with van der Waals surface area (Å²) in [6, 6.07) is 3.53. The summed E-state index contributed by atoms with van der Waals surface area (Å²) in [4.78, 5) is 16.5. The fraction of sp³-hybridized carbons (Fsp3) is 0.412. The Morgan fingerprint density at radius 2 is 1.88 bits per heavy atom. The Morgan fingerprint density at radius 3 is 2.38 bits per heavy atom. The number of carboxylic acids is 1. The van der Waals surface area contributed by atoms with E-state index in [2.05, 4.69) is 4.98 Å². The quantitative estimate of drug-likeness (QED) is 0.768. The van der Waals surface area contributed by atoms with Crippen molar-refractivity contribution in [2.75, 3.05) is 0 Å². The second-order valence-corrected chi connectivity index (χ2v) is 9.16. The maximum atomic E-state index is 15.6. The zero-order valence-corrected chi connectivity index (χ0v) is 16.8. The molecule has 0 bridgehead atoms. The summed E-state index contributed by atoms with van der Waals surface area (Å²) in [5.41, 5.74) is -2.04. The van der Waals surface area contributed by atoms with Crippen LogP contribution < -0.4 is 0 Å². The Balaban J connectivity index is 2.17. The predicted molar refractivity (Wildman–Crippen MR) is 101 cm³/mol. The maximum Gasteiger partial charge on any atom is 0.525 e. The first-order valence-corrected chi connectivity index (χ1v) is 9.73. The molecule has 3 rings (SSSR count). The molecule has 26 heavy (non-hydrogen) atoms. The maximum absolute atomic E-state index is 15.6. The van der Waals surface area contributed by atoms with E-state index in [0.29, 0.717) is 9.88 Å². The van der Waals surface area contributed by atoms with Crippen LogP contribution in [-0.4, -0.2) is 34.4 Å². The minimum absolute atomic E-state index is 0.164. The number of nitrogens with zero attached hydrogens (tertiary/aromatic N) is 1. The highest BCUT2D eigenvalue weighted by Gasteiger charge is 2.54. The van der Waals surface area contributed by atoms with Gasteiger partial charge in [-0.3, -0.25) is 0 Å². The van der Waals surface area contributed by atoms with E-state index in [0.717, 1.165) is 11.3 Å². The molecular formula is C17H19BFNO4S2. The number of aromatic carboxylic acids is 1. The number of hydrogen-bond acceptors (Lipinski definition) is 6. The SMILES string of the molecule is Cc1nc(C(=O)O)c(C(=C(F)B2OC(C)(C)C(C)(C)O2)c2cccs2)s1. The summed E-state index contributed by atoms with van der Waals surface area (Å²) in [7, 11) is -1.21. The van der Waals surface area contributed by atoms with E-state index in [-0.39, 0.29) is 16.1 Å². The molecule has 0 radical (unpaired) electrons. The summed E-state index contributed by atoms with van der Waals surface area (Å²) in [6.07, 6.45) is 0. The molecule has 9 heteroatoms. The molecule has 1 saturated heterocycles. The number of thiophene rings is 1. The van der Waals surface area contributed by atoms with E-state index >= 15 is 4.39 Å². The van der Waals surface area contributed by atoms with Crippen LogP contribution in [0.3, 0.4) is 0 Å². The highest BCUT2D eigenvalue weighted by Crippen LogP contribution is 2.43. The van der Waals surface area contributed by atoms with Gasteiger partial charge in [-0.05, 0) is 46.1 Å². The number of carbonyl (C=O) groups is 1. The molecule has 2 aromatic heterocycles. The average Bonchev–Trinajstić information content (AvgIpc) is 3.20. The lowest BCUT2D eigenvalue weighted by Gasteiger charge is -2.32. The van der Waals surface area contributed by atoms with Gasteiger partial charge in [-0.1, -0.05) is 6.07 Å². The topological polar surface area (TPSA) is 68.7 Å². The Hall–Kier alpha value is -1.55. The fourth-order valence-electron chi connectivity index (χ4n) is 2.56. The molecule has 0 aliphatic carbocycles. The molecular weight excluding hydrogens is 376 g/mol. The minimum atomic E-state index is -1.21. The predicted octanol–water partition coefficient (Wildman–Crippen LogP) is 4.57. The van der Waals surface area contributed by atoms with Gasteiger partial charge in [0.1, 0.15) is 5.73 Å². The number of carboxylic acid groups (broad SMARTS) is 1. The van der Waals surface area contributed by atoms with Crippen LogP contribution in [0, 0.1) is 6.92 Å². The molecule has 0 atom stereocenters. The van der Waals surface area contributed by atoms with Crippen LogP contribution in [0.1, 0.15) is 52.9 Å². The standard InChI is InChI=1S/C17H19BFNO4S2/c1-9-20-12(15(21)22)13(26-9)11(10-7-6-8-25-10)14(19)18-23-16(2,3)17(4,5)24-18/h6-8H,1-5H3,(H,21,22). The van der Waals surface area contributed by atoms with Crippen LogP contribution in [0.2, 0.25) is 0 Å². The zero-order valence-electron chi connectivity index (χ0n) is 15.1. The van der Waals surface area contributed by atoms with Gasteiger partial charge in [0.15, 0.2) is 5.69 Å². The first-order valence-electron chi connectivity index (χ1n) is 8.04. The highest BCUT2D eigenvalue weighted by molar-refractivity contribution is 7.15. The van der Waals surface area contributed by atoms with Gasteiger partial charge in [-0.2, -0.15) is 0 Å². The molecule has 0 amide bonds. The number of aromatic nitrogens is 1. The monoisotopic (exact) mass is 395 g/mol. The van der Waals surface area contributed by atoms with Crippen molar-refractivity contribution in [1.29, 1.82) is 0 Å². The van der Waals surface area contributed by atoms with E-state index in [9.17, 15) is 9.90 Å².